The second-order valence-corrected chi connectivity index (χ2v) is 5.06. The first-order valence-corrected chi connectivity index (χ1v) is 7.18. The molecule has 3 heterocycles. The summed E-state index contributed by atoms with van der Waals surface area (Å²) < 4.78 is 12.7. The lowest BCUT2D eigenvalue weighted by molar-refractivity contribution is 0.0737. The van der Waals surface area contributed by atoms with E-state index in [-0.39, 0.29) is 6.10 Å². The van der Waals surface area contributed by atoms with Crippen molar-refractivity contribution in [2.24, 2.45) is 0 Å². The van der Waals surface area contributed by atoms with Crippen molar-refractivity contribution in [3.05, 3.63) is 24.7 Å². The fourth-order valence-electron chi connectivity index (χ4n) is 2.39. The number of hydrogen-bond donors (Lipinski definition) is 1. The molecule has 8 nitrogen and oxygen atoms in total. The third-order valence-corrected chi connectivity index (χ3v) is 3.57. The molecule has 2 aromatic rings. The van der Waals surface area contributed by atoms with Gasteiger partial charge in [0.25, 0.3) is 0 Å². The fourth-order valence-corrected chi connectivity index (χ4v) is 2.39. The first-order valence-electron chi connectivity index (χ1n) is 7.18. The Morgan fingerprint density at radius 2 is 2.27 bits per heavy atom. The predicted octanol–water partition coefficient (Wildman–Crippen LogP) is 0.330. The Labute approximate surface area is 128 Å². The molecule has 2 atom stereocenters. The van der Waals surface area contributed by atoms with Crippen molar-refractivity contribution in [1.29, 1.82) is 0 Å². The maximum Gasteiger partial charge on any atom is 0.228 e. The standard InChI is InChI=1S/C14H19N5O3/c1-3-19-7-10(6-16-19)22-12-9-18(8-11(12)20)14-15-5-4-13(17-14)21-2/h4-7,11-12,20H,3,8-9H2,1-2H3/t11-,12-/m1/s1. The Bertz CT molecular complexity index is 632. The van der Waals surface area contributed by atoms with Gasteiger partial charge in [-0.25, -0.2) is 4.98 Å². The van der Waals surface area contributed by atoms with Gasteiger partial charge in [-0.3, -0.25) is 4.68 Å². The van der Waals surface area contributed by atoms with E-state index in [1.54, 1.807) is 30.3 Å². The van der Waals surface area contributed by atoms with Crippen LogP contribution in [0.4, 0.5) is 5.95 Å². The average Bonchev–Trinajstić information content (AvgIpc) is 3.15. The highest BCUT2D eigenvalue weighted by Crippen LogP contribution is 2.22. The zero-order valence-corrected chi connectivity index (χ0v) is 12.6. The first kappa shape index (κ1) is 14.6. The summed E-state index contributed by atoms with van der Waals surface area (Å²) >= 11 is 0. The zero-order valence-electron chi connectivity index (χ0n) is 12.6. The summed E-state index contributed by atoms with van der Waals surface area (Å²) in [5.41, 5.74) is 0. The number of nitrogens with zero attached hydrogens (tertiary/aromatic N) is 5. The smallest absolute Gasteiger partial charge is 0.228 e. The summed E-state index contributed by atoms with van der Waals surface area (Å²) in [6.07, 6.45) is 4.15. The van der Waals surface area contributed by atoms with Crippen LogP contribution in [-0.2, 0) is 6.54 Å². The van der Waals surface area contributed by atoms with Gasteiger partial charge >= 0.3 is 0 Å². The highest BCUT2D eigenvalue weighted by Gasteiger charge is 2.34. The van der Waals surface area contributed by atoms with Crippen LogP contribution in [0.5, 0.6) is 11.6 Å². The normalized spacial score (nSPS) is 21.1. The molecule has 1 saturated heterocycles. The summed E-state index contributed by atoms with van der Waals surface area (Å²) in [6.45, 7) is 3.70. The number of aryl methyl sites for hydroxylation is 1. The number of methoxy groups -OCH3 is 1. The van der Waals surface area contributed by atoms with E-state index in [2.05, 4.69) is 15.1 Å². The van der Waals surface area contributed by atoms with Crippen molar-refractivity contribution in [2.45, 2.75) is 25.7 Å². The molecule has 0 spiro atoms. The Kier molecular flexibility index (Phi) is 4.10. The second kappa shape index (κ2) is 6.18. The molecule has 1 aliphatic rings. The number of anilines is 1. The van der Waals surface area contributed by atoms with Crippen LogP contribution in [-0.4, -0.2) is 57.3 Å². The van der Waals surface area contributed by atoms with Crippen molar-refractivity contribution >= 4 is 5.95 Å². The highest BCUT2D eigenvalue weighted by molar-refractivity contribution is 5.35. The van der Waals surface area contributed by atoms with Crippen molar-refractivity contribution in [2.75, 3.05) is 25.1 Å². The van der Waals surface area contributed by atoms with E-state index in [1.165, 1.54) is 0 Å². The van der Waals surface area contributed by atoms with Gasteiger partial charge in [0.15, 0.2) is 5.75 Å². The van der Waals surface area contributed by atoms with E-state index < -0.39 is 6.10 Å². The minimum atomic E-state index is -0.611. The summed E-state index contributed by atoms with van der Waals surface area (Å²) in [4.78, 5) is 10.4. The lowest BCUT2D eigenvalue weighted by Crippen LogP contribution is -2.29. The van der Waals surface area contributed by atoms with Gasteiger partial charge in [0.1, 0.15) is 12.2 Å². The van der Waals surface area contributed by atoms with Crippen LogP contribution in [0.3, 0.4) is 0 Å². The van der Waals surface area contributed by atoms with Gasteiger partial charge in [-0.05, 0) is 6.92 Å². The first-order chi connectivity index (χ1) is 10.7. The molecule has 1 aliphatic heterocycles. The zero-order chi connectivity index (χ0) is 15.5. The van der Waals surface area contributed by atoms with Crippen molar-refractivity contribution in [3.63, 3.8) is 0 Å². The van der Waals surface area contributed by atoms with Gasteiger partial charge in [-0.15, -0.1) is 0 Å². The van der Waals surface area contributed by atoms with E-state index in [0.717, 1.165) is 6.54 Å². The molecule has 118 valence electrons. The fraction of sp³-hybridized carbons (Fsp3) is 0.500. The largest absolute Gasteiger partial charge is 0.482 e. The molecule has 0 bridgehead atoms. The quantitative estimate of drug-likeness (QED) is 0.852. The number of hydrogen-bond acceptors (Lipinski definition) is 7. The number of aromatic nitrogens is 4. The van der Waals surface area contributed by atoms with Crippen LogP contribution in [0, 0.1) is 0 Å². The van der Waals surface area contributed by atoms with E-state index in [9.17, 15) is 5.11 Å². The van der Waals surface area contributed by atoms with Crippen LogP contribution < -0.4 is 14.4 Å². The topological polar surface area (TPSA) is 85.5 Å². The van der Waals surface area contributed by atoms with Gasteiger partial charge in [0.2, 0.25) is 11.8 Å². The number of aliphatic hydroxyl groups is 1. The number of β-amino-alcohol motifs (C(OH)–C–C–N with tert-alkyl or cyclic N) is 1. The molecule has 0 amide bonds. The monoisotopic (exact) mass is 305 g/mol. The van der Waals surface area contributed by atoms with Crippen molar-refractivity contribution in [1.82, 2.24) is 19.7 Å². The summed E-state index contributed by atoms with van der Waals surface area (Å²) in [5, 5.41) is 14.3. The van der Waals surface area contributed by atoms with Gasteiger partial charge in [0, 0.05) is 18.8 Å². The molecule has 0 radical (unpaired) electrons. The average molecular weight is 305 g/mol. The number of aliphatic hydroxyl groups excluding tert-OH is 1. The van der Waals surface area contributed by atoms with Crippen molar-refractivity contribution in [3.8, 4) is 11.6 Å². The molecule has 0 aliphatic carbocycles. The Balaban J connectivity index is 1.68. The van der Waals surface area contributed by atoms with Crippen LogP contribution in [0.1, 0.15) is 6.92 Å². The molecule has 0 unspecified atom stereocenters. The molecule has 0 saturated carbocycles. The van der Waals surface area contributed by atoms with E-state index in [4.69, 9.17) is 9.47 Å². The molecule has 1 N–H and O–H groups in total. The Hall–Kier alpha value is -2.35. The van der Waals surface area contributed by atoms with Gasteiger partial charge in [-0.2, -0.15) is 10.1 Å². The predicted molar refractivity (Wildman–Crippen MR) is 79.1 cm³/mol. The third kappa shape index (κ3) is 2.96. The van der Waals surface area contributed by atoms with E-state index in [0.29, 0.717) is 30.7 Å². The van der Waals surface area contributed by atoms with Gasteiger partial charge < -0.3 is 19.5 Å². The Morgan fingerprint density at radius 1 is 1.41 bits per heavy atom. The molecule has 2 aromatic heterocycles. The van der Waals surface area contributed by atoms with Gasteiger partial charge in [-0.1, -0.05) is 0 Å². The van der Waals surface area contributed by atoms with Gasteiger partial charge in [0.05, 0.1) is 32.6 Å². The maximum atomic E-state index is 10.2. The molecular formula is C14H19N5O3. The van der Waals surface area contributed by atoms with Crippen LogP contribution >= 0.6 is 0 Å². The molecule has 1 fully saturated rings. The molecular weight excluding hydrogens is 286 g/mol. The highest BCUT2D eigenvalue weighted by atomic mass is 16.5. The summed E-state index contributed by atoms with van der Waals surface area (Å²) in [6, 6.07) is 1.68. The number of ether oxygens (including phenoxy) is 2. The van der Waals surface area contributed by atoms with Crippen LogP contribution in [0.25, 0.3) is 0 Å². The van der Waals surface area contributed by atoms with E-state index in [1.807, 2.05) is 18.0 Å². The SMILES string of the molecule is CCn1cc(O[C@@H]2CN(c3nccc(OC)n3)C[C@H]2O)cn1. The minimum Gasteiger partial charge on any atom is -0.482 e. The maximum absolute atomic E-state index is 10.2. The molecule has 8 heteroatoms. The lowest BCUT2D eigenvalue weighted by Gasteiger charge is -2.16. The molecule has 3 rings (SSSR count). The van der Waals surface area contributed by atoms with Crippen LogP contribution in [0.2, 0.25) is 0 Å². The Morgan fingerprint density at radius 3 is 3.00 bits per heavy atom. The van der Waals surface area contributed by atoms with Crippen molar-refractivity contribution < 1.29 is 14.6 Å². The minimum absolute atomic E-state index is 0.343. The number of rotatable bonds is 5. The van der Waals surface area contributed by atoms with Crippen LogP contribution in [0.15, 0.2) is 24.7 Å². The lowest BCUT2D eigenvalue weighted by atomic mass is 10.3. The van der Waals surface area contributed by atoms with E-state index >= 15 is 0 Å². The molecule has 22 heavy (non-hydrogen) atoms. The third-order valence-electron chi connectivity index (χ3n) is 3.57. The summed E-state index contributed by atoms with van der Waals surface area (Å²) in [7, 11) is 1.56. The second-order valence-electron chi connectivity index (χ2n) is 5.06. The molecule has 0 aromatic carbocycles. The summed E-state index contributed by atoms with van der Waals surface area (Å²) in [5.74, 6) is 1.67.